The molecular formula is C22H28N4OS. The van der Waals surface area contributed by atoms with Gasteiger partial charge in [0.25, 0.3) is 5.91 Å². The number of H-pyrrole nitrogens is 1. The first-order valence-electron chi connectivity index (χ1n) is 9.94. The van der Waals surface area contributed by atoms with E-state index in [9.17, 15) is 4.79 Å². The van der Waals surface area contributed by atoms with Crippen LogP contribution in [0.2, 0.25) is 0 Å². The van der Waals surface area contributed by atoms with Crippen LogP contribution >= 0.6 is 11.3 Å². The van der Waals surface area contributed by atoms with E-state index in [1.54, 1.807) is 11.3 Å². The second kappa shape index (κ2) is 7.33. The molecule has 0 aromatic carbocycles. The van der Waals surface area contributed by atoms with Crippen LogP contribution in [0, 0.1) is 13.8 Å². The van der Waals surface area contributed by atoms with Gasteiger partial charge in [-0.15, -0.1) is 11.3 Å². The molecule has 3 aromatic heterocycles. The summed E-state index contributed by atoms with van der Waals surface area (Å²) in [6.07, 6.45) is 1.02. The Hall–Kier alpha value is -2.18. The van der Waals surface area contributed by atoms with E-state index in [0.29, 0.717) is 5.92 Å². The number of nitrogens with one attached hydrogen (secondary N) is 2. The molecule has 28 heavy (non-hydrogen) atoms. The largest absolute Gasteiger partial charge is 0.354 e. The SMILES string of the molecule is Cc1cc(-c2[nH]c3cc(C(=O)N(C)[C@H]4CCNC4)sc3c2C(C)C)cc(C)n1. The number of carbonyl (C=O) groups is 1. The van der Waals surface area contributed by atoms with Crippen LogP contribution in [0.5, 0.6) is 0 Å². The van der Waals surface area contributed by atoms with Gasteiger partial charge in [-0.1, -0.05) is 13.8 Å². The molecule has 3 aromatic rings. The molecule has 1 aliphatic rings. The molecule has 1 aliphatic heterocycles. The van der Waals surface area contributed by atoms with Crippen molar-refractivity contribution >= 4 is 27.5 Å². The molecule has 0 aliphatic carbocycles. The molecule has 1 amide bonds. The van der Waals surface area contributed by atoms with Crippen LogP contribution in [0.15, 0.2) is 18.2 Å². The number of aromatic amines is 1. The fourth-order valence-corrected chi connectivity index (χ4v) is 5.47. The minimum absolute atomic E-state index is 0.121. The summed E-state index contributed by atoms with van der Waals surface area (Å²) < 4.78 is 1.19. The van der Waals surface area contributed by atoms with Crippen molar-refractivity contribution in [3.05, 3.63) is 40.0 Å². The molecule has 5 nitrogen and oxygen atoms in total. The molecule has 1 saturated heterocycles. The summed E-state index contributed by atoms with van der Waals surface area (Å²) in [5.41, 5.74) is 6.69. The van der Waals surface area contributed by atoms with Crippen LogP contribution in [-0.2, 0) is 0 Å². The Balaban J connectivity index is 1.75. The quantitative estimate of drug-likeness (QED) is 0.684. The summed E-state index contributed by atoms with van der Waals surface area (Å²) in [6.45, 7) is 10.4. The number of aromatic nitrogens is 2. The summed E-state index contributed by atoms with van der Waals surface area (Å²) in [5, 5.41) is 3.34. The molecule has 4 heterocycles. The highest BCUT2D eigenvalue weighted by atomic mass is 32.1. The summed E-state index contributed by atoms with van der Waals surface area (Å²) in [7, 11) is 1.92. The monoisotopic (exact) mass is 396 g/mol. The third-order valence-electron chi connectivity index (χ3n) is 5.57. The number of carbonyl (C=O) groups excluding carboxylic acids is 1. The highest BCUT2D eigenvalue weighted by molar-refractivity contribution is 7.21. The highest BCUT2D eigenvalue weighted by Gasteiger charge is 2.27. The predicted octanol–water partition coefficient (Wildman–Crippen LogP) is 4.47. The number of likely N-dealkylation sites (N-methyl/N-ethyl adjacent to an activating group) is 1. The Morgan fingerprint density at radius 2 is 1.96 bits per heavy atom. The maximum Gasteiger partial charge on any atom is 0.264 e. The van der Waals surface area contributed by atoms with Gasteiger partial charge < -0.3 is 15.2 Å². The molecule has 6 heteroatoms. The van der Waals surface area contributed by atoms with Crippen molar-refractivity contribution in [2.45, 2.75) is 46.1 Å². The first-order valence-corrected chi connectivity index (χ1v) is 10.8. The van der Waals surface area contributed by atoms with Gasteiger partial charge in [0.05, 0.1) is 20.8 Å². The molecule has 4 rings (SSSR count). The zero-order valence-electron chi connectivity index (χ0n) is 17.2. The first kappa shape index (κ1) is 19.2. The second-order valence-corrected chi connectivity index (χ2v) is 9.18. The average Bonchev–Trinajstić information content (AvgIpc) is 3.34. The van der Waals surface area contributed by atoms with Gasteiger partial charge in [-0.2, -0.15) is 0 Å². The fraction of sp³-hybridized carbons (Fsp3) is 0.455. The summed E-state index contributed by atoms with van der Waals surface area (Å²) in [4.78, 5) is 23.8. The van der Waals surface area contributed by atoms with E-state index in [0.717, 1.165) is 47.0 Å². The van der Waals surface area contributed by atoms with E-state index < -0.39 is 0 Å². The molecule has 0 unspecified atom stereocenters. The van der Waals surface area contributed by atoms with E-state index in [4.69, 9.17) is 0 Å². The van der Waals surface area contributed by atoms with Gasteiger partial charge in [-0.3, -0.25) is 9.78 Å². The molecule has 2 N–H and O–H groups in total. The number of hydrogen-bond acceptors (Lipinski definition) is 4. The van der Waals surface area contributed by atoms with Crippen molar-refractivity contribution in [2.75, 3.05) is 20.1 Å². The Labute approximate surface area is 170 Å². The minimum atomic E-state index is 0.121. The number of amides is 1. The third kappa shape index (κ3) is 3.35. The van der Waals surface area contributed by atoms with Gasteiger partial charge >= 0.3 is 0 Å². The van der Waals surface area contributed by atoms with Gasteiger partial charge in [0, 0.05) is 36.6 Å². The molecule has 148 valence electrons. The van der Waals surface area contributed by atoms with Crippen LogP contribution in [-0.4, -0.2) is 47.0 Å². The summed E-state index contributed by atoms with van der Waals surface area (Å²) in [5.74, 6) is 0.478. The molecule has 0 bridgehead atoms. The van der Waals surface area contributed by atoms with E-state index in [2.05, 4.69) is 41.3 Å². The molecular weight excluding hydrogens is 368 g/mol. The van der Waals surface area contributed by atoms with Crippen molar-refractivity contribution in [1.82, 2.24) is 20.2 Å². The standard InChI is InChI=1S/C22H28N4OS/c1-12(2)19-20(15-8-13(3)24-14(4)9-15)25-17-10-18(28-21(17)19)22(27)26(5)16-6-7-23-11-16/h8-10,12,16,23,25H,6-7,11H2,1-5H3/t16-/m0/s1. The van der Waals surface area contributed by atoms with Crippen molar-refractivity contribution in [2.24, 2.45) is 0 Å². The number of nitrogens with zero attached hydrogens (tertiary/aromatic N) is 2. The second-order valence-electron chi connectivity index (χ2n) is 8.12. The number of thiophene rings is 1. The van der Waals surface area contributed by atoms with E-state index in [1.807, 2.05) is 31.9 Å². The Kier molecular flexibility index (Phi) is 5.02. The molecule has 1 fully saturated rings. The number of fused-ring (bicyclic) bond motifs is 1. The molecule has 1 atom stereocenters. The van der Waals surface area contributed by atoms with Crippen LogP contribution in [0.25, 0.3) is 21.5 Å². The van der Waals surface area contributed by atoms with Gasteiger partial charge in [-0.25, -0.2) is 0 Å². The van der Waals surface area contributed by atoms with E-state index in [-0.39, 0.29) is 11.9 Å². The maximum atomic E-state index is 13.0. The summed E-state index contributed by atoms with van der Waals surface area (Å²) in [6, 6.07) is 6.57. The lowest BCUT2D eigenvalue weighted by molar-refractivity contribution is 0.0748. The molecule has 0 radical (unpaired) electrons. The van der Waals surface area contributed by atoms with Crippen molar-refractivity contribution in [3.63, 3.8) is 0 Å². The van der Waals surface area contributed by atoms with Crippen LogP contribution in [0.4, 0.5) is 0 Å². The number of pyridine rings is 1. The maximum absolute atomic E-state index is 13.0. The normalized spacial score (nSPS) is 17.0. The van der Waals surface area contributed by atoms with E-state index in [1.165, 1.54) is 15.8 Å². The van der Waals surface area contributed by atoms with Gasteiger partial charge in [0.1, 0.15) is 0 Å². The number of aryl methyl sites for hydroxylation is 2. The van der Waals surface area contributed by atoms with Gasteiger partial charge in [0.15, 0.2) is 0 Å². The van der Waals surface area contributed by atoms with Crippen LogP contribution in [0.3, 0.4) is 0 Å². The van der Waals surface area contributed by atoms with Crippen LogP contribution in [0.1, 0.15) is 52.8 Å². The summed E-state index contributed by atoms with van der Waals surface area (Å²) >= 11 is 1.61. The lowest BCUT2D eigenvalue weighted by atomic mass is 9.99. The van der Waals surface area contributed by atoms with Crippen molar-refractivity contribution in [1.29, 1.82) is 0 Å². The zero-order valence-corrected chi connectivity index (χ0v) is 18.0. The lowest BCUT2D eigenvalue weighted by Crippen LogP contribution is -2.37. The predicted molar refractivity (Wildman–Crippen MR) is 116 cm³/mol. The zero-order chi connectivity index (χ0) is 20.0. The first-order chi connectivity index (χ1) is 13.3. The van der Waals surface area contributed by atoms with E-state index >= 15 is 0 Å². The third-order valence-corrected chi connectivity index (χ3v) is 6.72. The van der Waals surface area contributed by atoms with Crippen LogP contribution < -0.4 is 5.32 Å². The van der Waals surface area contributed by atoms with Crippen molar-refractivity contribution in [3.8, 4) is 11.3 Å². The average molecular weight is 397 g/mol. The number of hydrogen-bond donors (Lipinski definition) is 2. The van der Waals surface area contributed by atoms with Gasteiger partial charge in [-0.05, 0) is 56.5 Å². The fourth-order valence-electron chi connectivity index (χ4n) is 4.17. The molecule has 0 saturated carbocycles. The van der Waals surface area contributed by atoms with Gasteiger partial charge in [0.2, 0.25) is 0 Å². The Morgan fingerprint density at radius 3 is 2.57 bits per heavy atom. The Morgan fingerprint density at radius 1 is 1.25 bits per heavy atom. The minimum Gasteiger partial charge on any atom is -0.354 e. The van der Waals surface area contributed by atoms with Crippen molar-refractivity contribution < 1.29 is 4.79 Å². The topological polar surface area (TPSA) is 61.0 Å². The smallest absolute Gasteiger partial charge is 0.264 e. The number of rotatable bonds is 4. The lowest BCUT2D eigenvalue weighted by Gasteiger charge is -2.23. The Bertz CT molecular complexity index is 1010. The molecule has 0 spiro atoms. The highest BCUT2D eigenvalue weighted by Crippen LogP contribution is 2.40.